The van der Waals surface area contributed by atoms with Crippen LogP contribution in [0.2, 0.25) is 23.2 Å². The molecule has 220 valence electrons. The first-order chi connectivity index (χ1) is 19.2. The van der Waals surface area contributed by atoms with Gasteiger partial charge in [0, 0.05) is 27.8 Å². The highest BCUT2D eigenvalue weighted by atomic mass is 35.5. The smallest absolute Gasteiger partial charge is 0.347 e. The molecule has 0 amide bonds. The highest BCUT2D eigenvalue weighted by Gasteiger charge is 2.41. The Labute approximate surface area is 246 Å². The van der Waals surface area contributed by atoms with Gasteiger partial charge in [-0.3, -0.25) is 4.79 Å². The van der Waals surface area contributed by atoms with E-state index in [4.69, 9.17) is 30.2 Å². The van der Waals surface area contributed by atoms with E-state index in [1.165, 1.54) is 11.7 Å². The molecule has 4 rings (SSSR count). The lowest BCUT2D eigenvalue weighted by Crippen LogP contribution is -2.41. The fourth-order valence-electron chi connectivity index (χ4n) is 5.00. The summed E-state index contributed by atoms with van der Waals surface area (Å²) >= 11 is 6.52. The molecular weight excluding hydrogens is 562 g/mol. The fourth-order valence-corrected chi connectivity index (χ4v) is 6.49. The summed E-state index contributed by atoms with van der Waals surface area (Å²) in [5.41, 5.74) is 2.14. The van der Waals surface area contributed by atoms with Crippen LogP contribution in [0.25, 0.3) is 11.3 Å². The van der Waals surface area contributed by atoms with Crippen LogP contribution in [-0.2, 0) is 22.1 Å². The molecular formula is C31H38ClNO7Si. The quantitative estimate of drug-likeness (QED) is 0.237. The number of hydrogen-bond donors (Lipinski definition) is 1. The number of aromatic nitrogens is 1. The van der Waals surface area contributed by atoms with Crippen LogP contribution < -0.4 is 15.0 Å². The van der Waals surface area contributed by atoms with Gasteiger partial charge in [-0.05, 0) is 60.8 Å². The third-order valence-electron chi connectivity index (χ3n) is 8.26. The standard InChI is InChI=1S/C31H38ClNO7Si/c1-31(2,3)41(7,8)40-24-14-13-22-27(21-12-10-19(32)15-23(21)24)33(29(35)26(28(22)34)30(36)39-6)17-18-9-11-20(37-4)16-25(18)38-5/h9-12,15-16,24,34H,13-14,17H2,1-8H3. The lowest BCUT2D eigenvalue weighted by atomic mass is 9.98. The van der Waals surface area contributed by atoms with Crippen molar-refractivity contribution in [3.8, 4) is 28.5 Å². The average molecular weight is 600 g/mol. The number of aromatic hydroxyl groups is 1. The Morgan fingerprint density at radius 2 is 1.80 bits per heavy atom. The average Bonchev–Trinajstić information content (AvgIpc) is 3.07. The minimum Gasteiger partial charge on any atom is -0.506 e. The zero-order chi connectivity index (χ0) is 30.3. The Balaban J connectivity index is 2.02. The lowest BCUT2D eigenvalue weighted by Gasteiger charge is -2.39. The molecule has 1 aliphatic rings. The first kappa shape index (κ1) is 30.7. The van der Waals surface area contributed by atoms with Crippen molar-refractivity contribution in [2.24, 2.45) is 0 Å². The SMILES string of the molecule is COC(=O)c1c(O)c2c(n(Cc3ccc(OC)cc3OC)c1=O)-c1ccc(Cl)cc1C(O[Si](C)(C)C(C)(C)C)CC2. The number of esters is 1. The van der Waals surface area contributed by atoms with Gasteiger partial charge in [-0.15, -0.1) is 0 Å². The van der Waals surface area contributed by atoms with E-state index >= 15 is 0 Å². The van der Waals surface area contributed by atoms with Crippen molar-refractivity contribution in [1.29, 1.82) is 0 Å². The van der Waals surface area contributed by atoms with Crippen molar-refractivity contribution in [2.75, 3.05) is 21.3 Å². The van der Waals surface area contributed by atoms with E-state index < -0.39 is 25.4 Å². The van der Waals surface area contributed by atoms with Crippen LogP contribution in [0, 0.1) is 0 Å². The molecule has 41 heavy (non-hydrogen) atoms. The molecule has 0 fully saturated rings. The predicted molar refractivity (Wildman–Crippen MR) is 162 cm³/mol. The number of rotatable bonds is 7. The Hall–Kier alpha value is -3.27. The lowest BCUT2D eigenvalue weighted by molar-refractivity contribution is 0.0594. The Morgan fingerprint density at radius 1 is 1.10 bits per heavy atom. The molecule has 3 aromatic rings. The van der Waals surface area contributed by atoms with Gasteiger partial charge in [0.1, 0.15) is 17.2 Å². The van der Waals surface area contributed by atoms with Crippen LogP contribution in [0.15, 0.2) is 41.2 Å². The molecule has 1 aromatic heterocycles. The number of hydrogen-bond acceptors (Lipinski definition) is 7. The van der Waals surface area contributed by atoms with Gasteiger partial charge in [0.2, 0.25) is 0 Å². The molecule has 10 heteroatoms. The molecule has 1 N–H and O–H groups in total. The number of carbonyl (C=O) groups is 1. The number of halogens is 1. The molecule has 1 aliphatic carbocycles. The molecule has 0 saturated heterocycles. The van der Waals surface area contributed by atoms with Crippen molar-refractivity contribution in [2.45, 2.75) is 64.4 Å². The summed E-state index contributed by atoms with van der Waals surface area (Å²) in [7, 11) is 2.05. The maximum atomic E-state index is 14.0. The minimum atomic E-state index is -2.24. The molecule has 0 aliphatic heterocycles. The molecule has 2 aromatic carbocycles. The fraction of sp³-hybridized carbons (Fsp3) is 0.419. The first-order valence-corrected chi connectivity index (χ1v) is 16.8. The van der Waals surface area contributed by atoms with Crippen LogP contribution in [0.4, 0.5) is 0 Å². The second-order valence-electron chi connectivity index (χ2n) is 11.7. The minimum absolute atomic E-state index is 0.0435. The molecule has 0 radical (unpaired) electrons. The van der Waals surface area contributed by atoms with E-state index in [2.05, 4.69) is 33.9 Å². The zero-order valence-electron chi connectivity index (χ0n) is 24.9. The molecule has 8 nitrogen and oxygen atoms in total. The predicted octanol–water partition coefficient (Wildman–Crippen LogP) is 6.74. The van der Waals surface area contributed by atoms with Crippen molar-refractivity contribution in [3.63, 3.8) is 0 Å². The van der Waals surface area contributed by atoms with E-state index in [-0.39, 0.29) is 23.4 Å². The van der Waals surface area contributed by atoms with Crippen LogP contribution >= 0.6 is 11.6 Å². The topological polar surface area (TPSA) is 96.2 Å². The van der Waals surface area contributed by atoms with Gasteiger partial charge in [0.15, 0.2) is 13.9 Å². The second-order valence-corrected chi connectivity index (χ2v) is 16.9. The van der Waals surface area contributed by atoms with E-state index in [0.29, 0.717) is 51.7 Å². The Morgan fingerprint density at radius 3 is 2.41 bits per heavy atom. The van der Waals surface area contributed by atoms with Crippen LogP contribution in [0.5, 0.6) is 17.2 Å². The number of ether oxygens (including phenoxy) is 3. The second kappa shape index (κ2) is 11.5. The summed E-state index contributed by atoms with van der Waals surface area (Å²) in [6, 6.07) is 10.8. The first-order valence-electron chi connectivity index (χ1n) is 13.5. The number of methoxy groups -OCH3 is 3. The van der Waals surface area contributed by atoms with Crippen molar-refractivity contribution in [3.05, 3.63) is 74.0 Å². The monoisotopic (exact) mass is 599 g/mol. The van der Waals surface area contributed by atoms with Crippen LogP contribution in [0.1, 0.15) is 60.3 Å². The number of fused-ring (bicyclic) bond motifs is 3. The van der Waals surface area contributed by atoms with Gasteiger partial charge < -0.3 is 28.3 Å². The van der Waals surface area contributed by atoms with Gasteiger partial charge in [-0.25, -0.2) is 4.79 Å². The normalized spacial score (nSPS) is 15.0. The molecule has 1 atom stereocenters. The third-order valence-corrected chi connectivity index (χ3v) is 13.0. The van der Waals surface area contributed by atoms with Crippen LogP contribution in [0.3, 0.4) is 0 Å². The number of carbonyl (C=O) groups excluding carboxylic acids is 1. The zero-order valence-corrected chi connectivity index (χ0v) is 26.6. The Kier molecular flexibility index (Phi) is 8.64. The molecule has 1 heterocycles. The molecule has 1 unspecified atom stereocenters. The molecule has 0 saturated carbocycles. The summed E-state index contributed by atoms with van der Waals surface area (Å²) in [5.74, 6) is -0.158. The van der Waals surface area contributed by atoms with Gasteiger partial charge in [0.25, 0.3) is 5.56 Å². The summed E-state index contributed by atoms with van der Waals surface area (Å²) in [6.45, 7) is 11.0. The summed E-state index contributed by atoms with van der Waals surface area (Å²) in [6.07, 6.45) is 0.541. The van der Waals surface area contributed by atoms with E-state index in [9.17, 15) is 14.7 Å². The summed E-state index contributed by atoms with van der Waals surface area (Å²) in [4.78, 5) is 26.8. The van der Waals surface area contributed by atoms with Gasteiger partial charge in [-0.1, -0.05) is 38.4 Å². The molecule has 0 spiro atoms. The highest BCUT2D eigenvalue weighted by Crippen LogP contribution is 2.47. The van der Waals surface area contributed by atoms with Gasteiger partial charge >= 0.3 is 5.97 Å². The van der Waals surface area contributed by atoms with Gasteiger partial charge in [-0.2, -0.15) is 0 Å². The number of pyridine rings is 1. The maximum absolute atomic E-state index is 14.0. The number of nitrogens with zero attached hydrogens (tertiary/aromatic N) is 1. The van der Waals surface area contributed by atoms with Gasteiger partial charge in [0.05, 0.1) is 39.7 Å². The summed E-state index contributed by atoms with van der Waals surface area (Å²) in [5, 5.41) is 11.9. The van der Waals surface area contributed by atoms with Crippen LogP contribution in [-0.4, -0.2) is 45.3 Å². The Bertz CT molecular complexity index is 1540. The van der Waals surface area contributed by atoms with E-state index in [1.807, 2.05) is 18.2 Å². The molecule has 0 bridgehead atoms. The van der Waals surface area contributed by atoms with E-state index in [0.717, 1.165) is 5.56 Å². The largest absolute Gasteiger partial charge is 0.506 e. The highest BCUT2D eigenvalue weighted by molar-refractivity contribution is 6.74. The van der Waals surface area contributed by atoms with Crippen molar-refractivity contribution >= 4 is 25.9 Å². The van der Waals surface area contributed by atoms with E-state index in [1.54, 1.807) is 32.4 Å². The van der Waals surface area contributed by atoms with Crippen molar-refractivity contribution < 1.29 is 28.5 Å². The number of benzene rings is 2. The van der Waals surface area contributed by atoms with Crippen molar-refractivity contribution in [1.82, 2.24) is 4.57 Å². The summed E-state index contributed by atoms with van der Waals surface area (Å²) < 4.78 is 24.3. The third kappa shape index (κ3) is 5.76. The maximum Gasteiger partial charge on any atom is 0.347 e.